The van der Waals surface area contributed by atoms with Crippen molar-refractivity contribution in [3.63, 3.8) is 0 Å². The van der Waals surface area contributed by atoms with E-state index in [1.807, 2.05) is 6.07 Å². The molecular formula is C14H21NO2S. The summed E-state index contributed by atoms with van der Waals surface area (Å²) in [6, 6.07) is 6.73. The predicted molar refractivity (Wildman–Crippen MR) is 75.5 cm³/mol. The molecule has 1 aromatic rings. The van der Waals surface area contributed by atoms with Crippen LogP contribution in [0.15, 0.2) is 18.2 Å². The molecule has 0 spiro atoms. The molecule has 1 aliphatic rings. The highest BCUT2D eigenvalue weighted by atomic mass is 32.2. The topological polar surface area (TPSA) is 38.3 Å². The molecular weight excluding hydrogens is 246 g/mol. The number of ether oxygens (including phenoxy) is 1. The Labute approximate surface area is 111 Å². The lowest BCUT2D eigenvalue weighted by molar-refractivity contribution is 0.402. The first-order valence-electron chi connectivity index (χ1n) is 6.41. The van der Waals surface area contributed by atoms with E-state index in [0.717, 1.165) is 36.6 Å². The maximum absolute atomic E-state index is 11.3. The van der Waals surface area contributed by atoms with Crippen LogP contribution in [0.1, 0.15) is 24.0 Å². The molecule has 1 fully saturated rings. The number of rotatable bonds is 4. The maximum atomic E-state index is 11.3. The summed E-state index contributed by atoms with van der Waals surface area (Å²) in [7, 11) is 1.12. The molecule has 1 heterocycles. The molecule has 0 atom stereocenters. The fourth-order valence-corrected chi connectivity index (χ4v) is 3.60. The van der Waals surface area contributed by atoms with E-state index >= 15 is 0 Å². The number of methoxy groups -OCH3 is 1. The third kappa shape index (κ3) is 3.56. The molecule has 100 valence electrons. The van der Waals surface area contributed by atoms with Gasteiger partial charge in [-0.25, -0.2) is 0 Å². The molecule has 3 nitrogen and oxygen atoms in total. The van der Waals surface area contributed by atoms with Crippen LogP contribution in [0.5, 0.6) is 5.75 Å². The normalized spacial score (nSPS) is 23.9. The Kier molecular flexibility index (Phi) is 4.78. The van der Waals surface area contributed by atoms with Gasteiger partial charge in [0.2, 0.25) is 0 Å². The molecule has 0 radical (unpaired) electrons. The van der Waals surface area contributed by atoms with Crippen LogP contribution in [0.25, 0.3) is 0 Å². The first kappa shape index (κ1) is 13.6. The van der Waals surface area contributed by atoms with Gasteiger partial charge in [-0.2, -0.15) is 0 Å². The van der Waals surface area contributed by atoms with Gasteiger partial charge in [-0.15, -0.1) is 0 Å². The zero-order valence-corrected chi connectivity index (χ0v) is 11.9. The quantitative estimate of drug-likeness (QED) is 0.907. The molecule has 0 amide bonds. The number of hydrogen-bond acceptors (Lipinski definition) is 3. The van der Waals surface area contributed by atoms with Crippen LogP contribution in [0.3, 0.4) is 0 Å². The third-order valence-corrected chi connectivity index (χ3v) is 4.79. The van der Waals surface area contributed by atoms with E-state index in [4.69, 9.17) is 4.74 Å². The van der Waals surface area contributed by atoms with Crippen molar-refractivity contribution in [2.24, 2.45) is 0 Å². The number of nitrogens with one attached hydrogen (secondary N) is 1. The predicted octanol–water partition coefficient (Wildman–Crippen LogP) is 2.00. The molecule has 1 N–H and O–H groups in total. The van der Waals surface area contributed by atoms with Crippen LogP contribution in [-0.4, -0.2) is 28.9 Å². The van der Waals surface area contributed by atoms with Crippen LogP contribution in [0, 0.1) is 6.92 Å². The van der Waals surface area contributed by atoms with E-state index < -0.39 is 10.8 Å². The molecule has 1 aromatic carbocycles. The standard InChI is InChI=1S/C14H21NO2S/c1-11-3-4-14(17-2)12(9-11)10-15-13-5-7-18(16)8-6-13/h3-4,9,13,15H,5-8,10H2,1-2H3. The Hall–Kier alpha value is -0.870. The van der Waals surface area contributed by atoms with Crippen molar-refractivity contribution in [3.05, 3.63) is 29.3 Å². The summed E-state index contributed by atoms with van der Waals surface area (Å²) in [5.41, 5.74) is 2.45. The summed E-state index contributed by atoms with van der Waals surface area (Å²) in [5.74, 6) is 2.61. The Balaban J connectivity index is 1.93. The van der Waals surface area contributed by atoms with Crippen molar-refractivity contribution >= 4 is 10.8 Å². The SMILES string of the molecule is COc1ccc(C)cc1CNC1CCS(=O)CC1. The van der Waals surface area contributed by atoms with E-state index in [-0.39, 0.29) is 0 Å². The second kappa shape index (κ2) is 6.34. The Morgan fingerprint density at radius 3 is 2.78 bits per heavy atom. The van der Waals surface area contributed by atoms with Crippen molar-refractivity contribution in [1.82, 2.24) is 5.32 Å². The van der Waals surface area contributed by atoms with Gasteiger partial charge in [-0.1, -0.05) is 17.7 Å². The lowest BCUT2D eigenvalue weighted by Crippen LogP contribution is -2.35. The van der Waals surface area contributed by atoms with Crippen molar-refractivity contribution in [2.75, 3.05) is 18.6 Å². The number of aryl methyl sites for hydroxylation is 1. The summed E-state index contributed by atoms with van der Waals surface area (Å²) >= 11 is 0. The second-order valence-electron chi connectivity index (χ2n) is 4.82. The van der Waals surface area contributed by atoms with E-state index in [1.165, 1.54) is 11.1 Å². The zero-order chi connectivity index (χ0) is 13.0. The average molecular weight is 267 g/mol. The van der Waals surface area contributed by atoms with E-state index in [9.17, 15) is 4.21 Å². The minimum atomic E-state index is -0.583. The summed E-state index contributed by atoms with van der Waals surface area (Å²) in [4.78, 5) is 0. The molecule has 1 aliphatic heterocycles. The molecule has 0 aromatic heterocycles. The van der Waals surface area contributed by atoms with Gasteiger partial charge in [-0.3, -0.25) is 4.21 Å². The summed E-state index contributed by atoms with van der Waals surface area (Å²) in [6.45, 7) is 2.91. The van der Waals surface area contributed by atoms with Gasteiger partial charge < -0.3 is 10.1 Å². The molecule has 0 bridgehead atoms. The number of benzene rings is 1. The van der Waals surface area contributed by atoms with Crippen LogP contribution in [0.2, 0.25) is 0 Å². The largest absolute Gasteiger partial charge is 0.496 e. The van der Waals surface area contributed by atoms with Gasteiger partial charge >= 0.3 is 0 Å². The molecule has 0 saturated carbocycles. The van der Waals surface area contributed by atoms with Crippen molar-refractivity contribution in [1.29, 1.82) is 0 Å². The van der Waals surface area contributed by atoms with Crippen LogP contribution in [0.4, 0.5) is 0 Å². The zero-order valence-electron chi connectivity index (χ0n) is 11.1. The van der Waals surface area contributed by atoms with Gasteiger partial charge in [0.15, 0.2) is 0 Å². The van der Waals surface area contributed by atoms with E-state index in [2.05, 4.69) is 24.4 Å². The lowest BCUT2D eigenvalue weighted by atomic mass is 10.1. The van der Waals surface area contributed by atoms with Gasteiger partial charge in [0.25, 0.3) is 0 Å². The fourth-order valence-electron chi connectivity index (χ4n) is 2.30. The third-order valence-electron chi connectivity index (χ3n) is 3.41. The first-order valence-corrected chi connectivity index (χ1v) is 7.89. The Morgan fingerprint density at radius 1 is 1.39 bits per heavy atom. The minimum absolute atomic E-state index is 0.493. The van der Waals surface area contributed by atoms with Gasteiger partial charge in [0, 0.05) is 40.5 Å². The fraction of sp³-hybridized carbons (Fsp3) is 0.571. The van der Waals surface area contributed by atoms with E-state index in [1.54, 1.807) is 7.11 Å². The highest BCUT2D eigenvalue weighted by molar-refractivity contribution is 7.85. The Morgan fingerprint density at radius 2 is 2.11 bits per heavy atom. The maximum Gasteiger partial charge on any atom is 0.123 e. The van der Waals surface area contributed by atoms with Gasteiger partial charge in [0.05, 0.1) is 7.11 Å². The van der Waals surface area contributed by atoms with Crippen LogP contribution >= 0.6 is 0 Å². The van der Waals surface area contributed by atoms with Gasteiger partial charge in [0.1, 0.15) is 5.75 Å². The number of hydrogen-bond donors (Lipinski definition) is 1. The van der Waals surface area contributed by atoms with Crippen molar-refractivity contribution in [3.8, 4) is 5.75 Å². The van der Waals surface area contributed by atoms with Crippen molar-refractivity contribution in [2.45, 2.75) is 32.4 Å². The van der Waals surface area contributed by atoms with Gasteiger partial charge in [-0.05, 0) is 25.8 Å². The van der Waals surface area contributed by atoms with Crippen LogP contribution in [-0.2, 0) is 17.3 Å². The summed E-state index contributed by atoms with van der Waals surface area (Å²) < 4.78 is 16.7. The summed E-state index contributed by atoms with van der Waals surface area (Å²) in [6.07, 6.45) is 2.03. The highest BCUT2D eigenvalue weighted by Gasteiger charge is 2.17. The monoisotopic (exact) mass is 267 g/mol. The molecule has 0 aliphatic carbocycles. The summed E-state index contributed by atoms with van der Waals surface area (Å²) in [5, 5.41) is 3.55. The Bertz CT molecular complexity index is 424. The van der Waals surface area contributed by atoms with E-state index in [0.29, 0.717) is 6.04 Å². The first-order chi connectivity index (χ1) is 8.69. The average Bonchev–Trinajstić information content (AvgIpc) is 2.38. The smallest absolute Gasteiger partial charge is 0.123 e. The van der Waals surface area contributed by atoms with Crippen LogP contribution < -0.4 is 10.1 Å². The lowest BCUT2D eigenvalue weighted by Gasteiger charge is -2.23. The molecule has 1 saturated heterocycles. The molecule has 18 heavy (non-hydrogen) atoms. The minimum Gasteiger partial charge on any atom is -0.496 e. The highest BCUT2D eigenvalue weighted by Crippen LogP contribution is 2.20. The molecule has 4 heteroatoms. The van der Waals surface area contributed by atoms with Crippen molar-refractivity contribution < 1.29 is 8.95 Å². The second-order valence-corrected chi connectivity index (χ2v) is 6.51. The molecule has 2 rings (SSSR count). The molecule has 0 unspecified atom stereocenters.